The normalized spacial score (nSPS) is 11.4. The van der Waals surface area contributed by atoms with E-state index in [1.165, 1.54) is 12.1 Å². The fourth-order valence-corrected chi connectivity index (χ4v) is 2.62. The molecule has 0 atom stereocenters. The van der Waals surface area contributed by atoms with E-state index in [9.17, 15) is 13.2 Å². The van der Waals surface area contributed by atoms with Gasteiger partial charge in [-0.3, -0.25) is 0 Å². The smallest absolute Gasteiger partial charge is 0.366 e. The summed E-state index contributed by atoms with van der Waals surface area (Å²) in [6, 6.07) is 14.2. The Morgan fingerprint density at radius 1 is 1.00 bits per heavy atom. The maximum absolute atomic E-state index is 12.7. The largest absolute Gasteiger partial charge is 0.416 e. The number of halogens is 4. The van der Waals surface area contributed by atoms with Crippen molar-refractivity contribution in [3.63, 3.8) is 0 Å². The summed E-state index contributed by atoms with van der Waals surface area (Å²) < 4.78 is 38.0. The van der Waals surface area contributed by atoms with Gasteiger partial charge in [0.2, 0.25) is 0 Å². The van der Waals surface area contributed by atoms with Gasteiger partial charge >= 0.3 is 6.18 Å². The Labute approximate surface area is 153 Å². The Hall–Kier alpha value is -2.60. The van der Waals surface area contributed by atoms with Crippen molar-refractivity contribution in [2.45, 2.75) is 19.6 Å². The third kappa shape index (κ3) is 4.32. The molecule has 0 radical (unpaired) electrons. The first kappa shape index (κ1) is 18.2. The lowest BCUT2D eigenvalue weighted by molar-refractivity contribution is -0.137. The van der Waals surface area contributed by atoms with Crippen molar-refractivity contribution in [2.75, 3.05) is 5.32 Å². The van der Waals surface area contributed by atoms with E-state index < -0.39 is 11.7 Å². The molecule has 1 heterocycles. The zero-order chi connectivity index (χ0) is 18.7. The van der Waals surface area contributed by atoms with Crippen molar-refractivity contribution in [1.82, 2.24) is 9.97 Å². The number of nitrogens with one attached hydrogen (secondary N) is 1. The van der Waals surface area contributed by atoms with E-state index in [4.69, 9.17) is 11.6 Å². The molecule has 0 aliphatic carbocycles. The molecule has 0 fully saturated rings. The summed E-state index contributed by atoms with van der Waals surface area (Å²) in [5, 5.41) is 3.38. The van der Waals surface area contributed by atoms with Crippen molar-refractivity contribution in [2.24, 2.45) is 0 Å². The molecule has 1 aromatic heterocycles. The lowest BCUT2D eigenvalue weighted by atomic mass is 10.1. The minimum absolute atomic E-state index is 0.210. The average molecular weight is 378 g/mol. The second kappa shape index (κ2) is 7.33. The Balaban J connectivity index is 1.82. The summed E-state index contributed by atoms with van der Waals surface area (Å²) in [6.45, 7) is 2.56. The molecule has 0 saturated carbocycles. The van der Waals surface area contributed by atoms with E-state index >= 15 is 0 Å². The predicted octanol–water partition coefficient (Wildman–Crippen LogP) is 5.74. The molecule has 26 heavy (non-hydrogen) atoms. The van der Waals surface area contributed by atoms with Crippen molar-refractivity contribution in [3.8, 4) is 11.4 Å². The second-order valence-electron chi connectivity index (χ2n) is 5.75. The number of aryl methyl sites for hydroxylation is 1. The summed E-state index contributed by atoms with van der Waals surface area (Å²) >= 11 is 6.05. The number of nitrogens with zero attached hydrogens (tertiary/aromatic N) is 2. The summed E-state index contributed by atoms with van der Waals surface area (Å²) in [5.41, 5.74) is 1.99. The van der Waals surface area contributed by atoms with Crippen LogP contribution in [0.2, 0.25) is 5.15 Å². The fourth-order valence-electron chi connectivity index (χ4n) is 2.44. The quantitative estimate of drug-likeness (QED) is 0.589. The van der Waals surface area contributed by atoms with Gasteiger partial charge < -0.3 is 5.32 Å². The van der Waals surface area contributed by atoms with Crippen LogP contribution in [0.25, 0.3) is 11.4 Å². The van der Waals surface area contributed by atoms with Gasteiger partial charge in [0.1, 0.15) is 11.0 Å². The number of hydrogen-bond donors (Lipinski definition) is 1. The summed E-state index contributed by atoms with van der Waals surface area (Å²) in [7, 11) is 0. The molecule has 7 heteroatoms. The molecule has 0 saturated heterocycles. The van der Waals surface area contributed by atoms with E-state index in [-0.39, 0.29) is 11.0 Å². The van der Waals surface area contributed by atoms with Gasteiger partial charge in [-0.25, -0.2) is 9.97 Å². The Morgan fingerprint density at radius 2 is 1.69 bits per heavy atom. The topological polar surface area (TPSA) is 37.8 Å². The minimum Gasteiger partial charge on any atom is -0.366 e. The third-order valence-electron chi connectivity index (χ3n) is 3.89. The fraction of sp³-hybridized carbons (Fsp3) is 0.158. The highest BCUT2D eigenvalue weighted by molar-refractivity contribution is 6.29. The van der Waals surface area contributed by atoms with E-state index in [1.54, 1.807) is 6.07 Å². The molecule has 0 unspecified atom stereocenters. The zero-order valence-electron chi connectivity index (χ0n) is 13.8. The van der Waals surface area contributed by atoms with Crippen molar-refractivity contribution in [3.05, 3.63) is 76.4 Å². The molecule has 0 aliphatic rings. The maximum Gasteiger partial charge on any atom is 0.416 e. The Bertz CT molecular complexity index is 909. The van der Waals surface area contributed by atoms with Gasteiger partial charge in [0.15, 0.2) is 5.82 Å². The molecule has 2 aromatic carbocycles. The Kier molecular flexibility index (Phi) is 5.13. The van der Waals surface area contributed by atoms with Crippen LogP contribution in [0.3, 0.4) is 0 Å². The van der Waals surface area contributed by atoms with Gasteiger partial charge in [0, 0.05) is 18.2 Å². The van der Waals surface area contributed by atoms with Crippen LogP contribution in [0.4, 0.5) is 19.0 Å². The number of benzene rings is 2. The number of hydrogen-bond acceptors (Lipinski definition) is 3. The van der Waals surface area contributed by atoms with Crippen molar-refractivity contribution in [1.29, 1.82) is 0 Å². The molecule has 0 amide bonds. The van der Waals surface area contributed by atoms with Crippen LogP contribution in [-0.4, -0.2) is 9.97 Å². The number of alkyl halides is 3. The molecular weight excluding hydrogens is 363 g/mol. The molecule has 3 aromatic rings. The second-order valence-corrected chi connectivity index (χ2v) is 6.14. The average Bonchev–Trinajstić information content (AvgIpc) is 2.60. The van der Waals surface area contributed by atoms with Crippen LogP contribution < -0.4 is 5.32 Å². The standard InChI is InChI=1S/C19H15ClF3N3/c1-12-4-2-3-5-14(12)11-24-17-10-16(20)25-18(26-17)13-6-8-15(9-7-13)19(21,22)23/h2-10H,11H2,1H3,(H,24,25,26). The van der Waals surface area contributed by atoms with Crippen LogP contribution in [0.5, 0.6) is 0 Å². The highest BCUT2D eigenvalue weighted by atomic mass is 35.5. The lowest BCUT2D eigenvalue weighted by Gasteiger charge is -2.11. The SMILES string of the molecule is Cc1ccccc1CNc1cc(Cl)nc(-c2ccc(C(F)(F)F)cc2)n1. The van der Waals surface area contributed by atoms with E-state index in [1.807, 2.05) is 31.2 Å². The van der Waals surface area contributed by atoms with Gasteiger partial charge in [0.05, 0.1) is 5.56 Å². The van der Waals surface area contributed by atoms with Gasteiger partial charge in [0.25, 0.3) is 0 Å². The number of anilines is 1. The number of aromatic nitrogens is 2. The summed E-state index contributed by atoms with van der Waals surface area (Å²) in [5.74, 6) is 0.765. The highest BCUT2D eigenvalue weighted by Crippen LogP contribution is 2.30. The molecule has 0 spiro atoms. The van der Waals surface area contributed by atoms with E-state index in [0.29, 0.717) is 17.9 Å². The van der Waals surface area contributed by atoms with Gasteiger partial charge in [-0.1, -0.05) is 48.0 Å². The Morgan fingerprint density at radius 3 is 2.35 bits per heavy atom. The summed E-state index contributed by atoms with van der Waals surface area (Å²) in [4.78, 5) is 8.45. The van der Waals surface area contributed by atoms with Crippen LogP contribution >= 0.6 is 11.6 Å². The van der Waals surface area contributed by atoms with Crippen LogP contribution in [0, 0.1) is 6.92 Å². The molecule has 1 N–H and O–H groups in total. The first-order valence-electron chi connectivity index (χ1n) is 7.83. The van der Waals surface area contributed by atoms with Gasteiger partial charge in [-0.05, 0) is 30.2 Å². The molecule has 0 aliphatic heterocycles. The predicted molar refractivity (Wildman–Crippen MR) is 96.0 cm³/mol. The first-order chi connectivity index (χ1) is 12.3. The minimum atomic E-state index is -4.38. The third-order valence-corrected chi connectivity index (χ3v) is 4.08. The molecular formula is C19H15ClF3N3. The van der Waals surface area contributed by atoms with Crippen LogP contribution in [0.1, 0.15) is 16.7 Å². The molecule has 0 bridgehead atoms. The summed E-state index contributed by atoms with van der Waals surface area (Å²) in [6.07, 6.45) is -4.38. The molecule has 3 nitrogen and oxygen atoms in total. The maximum atomic E-state index is 12.7. The van der Waals surface area contributed by atoms with Gasteiger partial charge in [-0.15, -0.1) is 0 Å². The van der Waals surface area contributed by atoms with Crippen molar-refractivity contribution >= 4 is 17.4 Å². The van der Waals surface area contributed by atoms with Gasteiger partial charge in [-0.2, -0.15) is 13.2 Å². The van der Waals surface area contributed by atoms with Crippen LogP contribution in [-0.2, 0) is 12.7 Å². The molecule has 134 valence electrons. The first-order valence-corrected chi connectivity index (χ1v) is 8.21. The zero-order valence-corrected chi connectivity index (χ0v) is 14.6. The number of rotatable bonds is 4. The van der Waals surface area contributed by atoms with E-state index in [2.05, 4.69) is 15.3 Å². The molecule has 3 rings (SSSR count). The van der Waals surface area contributed by atoms with Crippen LogP contribution in [0.15, 0.2) is 54.6 Å². The lowest BCUT2D eigenvalue weighted by Crippen LogP contribution is -2.05. The highest BCUT2D eigenvalue weighted by Gasteiger charge is 2.30. The van der Waals surface area contributed by atoms with E-state index in [0.717, 1.165) is 23.3 Å². The van der Waals surface area contributed by atoms with Crippen molar-refractivity contribution < 1.29 is 13.2 Å². The monoisotopic (exact) mass is 377 g/mol.